The Hall–Kier alpha value is -2.15. The van der Waals surface area contributed by atoms with Crippen LogP contribution in [-0.4, -0.2) is 29.1 Å². The summed E-state index contributed by atoms with van der Waals surface area (Å²) in [4.78, 5) is 24.4. The number of hydrogen-bond donors (Lipinski definition) is 2. The Kier molecular flexibility index (Phi) is 5.76. The van der Waals surface area contributed by atoms with Crippen molar-refractivity contribution in [2.75, 3.05) is 23.3 Å². The molecule has 26 heavy (non-hydrogen) atoms. The van der Waals surface area contributed by atoms with Gasteiger partial charge in [0.2, 0.25) is 0 Å². The molecule has 0 spiro atoms. The van der Waals surface area contributed by atoms with Crippen molar-refractivity contribution in [1.29, 1.82) is 0 Å². The molecule has 7 heteroatoms. The molecule has 0 aliphatic carbocycles. The van der Waals surface area contributed by atoms with Crippen LogP contribution in [0.2, 0.25) is 0 Å². The monoisotopic (exact) mass is 373 g/mol. The van der Waals surface area contributed by atoms with Crippen LogP contribution in [-0.2, 0) is 12.0 Å². The van der Waals surface area contributed by atoms with E-state index in [0.717, 1.165) is 29.3 Å². The Balaban J connectivity index is 1.53. The second kappa shape index (κ2) is 8.03. The largest absolute Gasteiger partial charge is 0.357 e. The fourth-order valence-electron chi connectivity index (χ4n) is 2.87. The first-order valence-electron chi connectivity index (χ1n) is 9.13. The fraction of sp³-hybridized carbons (Fsp3) is 0.526. The Morgan fingerprint density at radius 2 is 2.00 bits per heavy atom. The topological polar surface area (TPSA) is 70.1 Å². The van der Waals surface area contributed by atoms with E-state index >= 15 is 0 Å². The second-order valence-corrected chi connectivity index (χ2v) is 8.69. The number of carbonyl (C=O) groups excluding carboxylic acids is 1. The third kappa shape index (κ3) is 4.94. The van der Waals surface area contributed by atoms with E-state index in [1.54, 1.807) is 0 Å². The molecule has 2 N–H and O–H groups in total. The normalized spacial score (nSPS) is 15.0. The van der Waals surface area contributed by atoms with Crippen LogP contribution < -0.4 is 15.5 Å². The fourth-order valence-corrected chi connectivity index (χ4v) is 3.74. The molecular weight excluding hydrogens is 346 g/mol. The van der Waals surface area contributed by atoms with Gasteiger partial charge in [-0.1, -0.05) is 20.8 Å². The summed E-state index contributed by atoms with van der Waals surface area (Å²) in [6.45, 7) is 8.98. The molecule has 1 fully saturated rings. The lowest BCUT2D eigenvalue weighted by molar-refractivity contribution is 0.251. The quantitative estimate of drug-likeness (QED) is 0.845. The summed E-state index contributed by atoms with van der Waals surface area (Å²) < 4.78 is 0. The van der Waals surface area contributed by atoms with Gasteiger partial charge in [0.25, 0.3) is 0 Å². The van der Waals surface area contributed by atoms with Crippen molar-refractivity contribution in [3.63, 3.8) is 0 Å². The van der Waals surface area contributed by atoms with Gasteiger partial charge in [-0.3, -0.25) is 5.32 Å². The Morgan fingerprint density at radius 1 is 1.23 bits per heavy atom. The zero-order chi connectivity index (χ0) is 18.6. The standard InChI is InChI=1S/C19H27N5OS/c1-19(2,3)15-13-22-18(26-15)23-17(25)21-12-14-7-8-20-16(11-14)24-9-5-4-6-10-24/h7-8,11,13H,4-6,9-10,12H2,1-3H3,(H2,21,22,23,25). The molecule has 0 saturated carbocycles. The lowest BCUT2D eigenvalue weighted by Gasteiger charge is -2.27. The second-order valence-electron chi connectivity index (χ2n) is 7.66. The molecule has 1 saturated heterocycles. The maximum absolute atomic E-state index is 12.1. The van der Waals surface area contributed by atoms with Crippen molar-refractivity contribution in [2.45, 2.75) is 52.0 Å². The minimum Gasteiger partial charge on any atom is -0.357 e. The highest BCUT2D eigenvalue weighted by molar-refractivity contribution is 7.15. The first-order valence-corrected chi connectivity index (χ1v) is 9.94. The number of urea groups is 1. The zero-order valence-electron chi connectivity index (χ0n) is 15.7. The van der Waals surface area contributed by atoms with Crippen molar-refractivity contribution in [3.8, 4) is 0 Å². The highest BCUT2D eigenvalue weighted by Crippen LogP contribution is 2.30. The number of pyridine rings is 1. The van der Waals surface area contributed by atoms with E-state index < -0.39 is 0 Å². The summed E-state index contributed by atoms with van der Waals surface area (Å²) in [5.41, 5.74) is 1.08. The molecule has 1 aliphatic rings. The number of hydrogen-bond acceptors (Lipinski definition) is 5. The van der Waals surface area contributed by atoms with Gasteiger partial charge in [-0.05, 0) is 42.4 Å². The molecule has 0 bridgehead atoms. The first-order chi connectivity index (χ1) is 12.4. The van der Waals surface area contributed by atoms with E-state index in [0.29, 0.717) is 11.7 Å². The summed E-state index contributed by atoms with van der Waals surface area (Å²) in [5, 5.41) is 6.33. The van der Waals surface area contributed by atoms with Gasteiger partial charge in [-0.15, -0.1) is 11.3 Å². The molecule has 6 nitrogen and oxygen atoms in total. The molecule has 2 aromatic heterocycles. The molecule has 0 aromatic carbocycles. The maximum atomic E-state index is 12.1. The molecule has 3 heterocycles. The highest BCUT2D eigenvalue weighted by Gasteiger charge is 2.18. The van der Waals surface area contributed by atoms with Crippen LogP contribution in [0.1, 0.15) is 50.5 Å². The number of nitrogens with zero attached hydrogens (tertiary/aromatic N) is 3. The minimum atomic E-state index is -0.240. The van der Waals surface area contributed by atoms with Crippen molar-refractivity contribution >= 4 is 28.3 Å². The van der Waals surface area contributed by atoms with Crippen molar-refractivity contribution in [2.24, 2.45) is 0 Å². The van der Waals surface area contributed by atoms with Crippen molar-refractivity contribution in [3.05, 3.63) is 35.0 Å². The van der Waals surface area contributed by atoms with Gasteiger partial charge >= 0.3 is 6.03 Å². The Morgan fingerprint density at radius 3 is 2.69 bits per heavy atom. The van der Waals surface area contributed by atoms with Gasteiger partial charge in [0.15, 0.2) is 5.13 Å². The van der Waals surface area contributed by atoms with Crippen LogP contribution >= 0.6 is 11.3 Å². The SMILES string of the molecule is CC(C)(C)c1cnc(NC(=O)NCc2ccnc(N3CCCCC3)c2)s1. The number of amides is 2. The summed E-state index contributed by atoms with van der Waals surface area (Å²) in [6.07, 6.45) is 7.38. The Bertz CT molecular complexity index is 746. The third-order valence-corrected chi connectivity index (χ3v) is 5.75. The molecular formula is C19H27N5OS. The number of rotatable bonds is 4. The van der Waals surface area contributed by atoms with E-state index in [9.17, 15) is 4.79 Å². The van der Waals surface area contributed by atoms with E-state index in [-0.39, 0.29) is 11.4 Å². The number of thiazole rings is 1. The average molecular weight is 374 g/mol. The van der Waals surface area contributed by atoms with Crippen molar-refractivity contribution < 1.29 is 4.79 Å². The number of carbonyl (C=O) groups is 1. The minimum absolute atomic E-state index is 0.0377. The number of piperidine rings is 1. The lowest BCUT2D eigenvalue weighted by atomic mass is 9.96. The number of nitrogens with one attached hydrogen (secondary N) is 2. The van der Waals surface area contributed by atoms with E-state index in [4.69, 9.17) is 0 Å². The maximum Gasteiger partial charge on any atom is 0.321 e. The predicted octanol–water partition coefficient (Wildman–Crippen LogP) is 4.15. The number of anilines is 2. The van der Waals surface area contributed by atoms with E-state index in [1.165, 1.54) is 30.6 Å². The molecule has 0 atom stereocenters. The Labute approximate surface area is 159 Å². The highest BCUT2D eigenvalue weighted by atomic mass is 32.1. The third-order valence-electron chi connectivity index (χ3n) is 4.41. The van der Waals surface area contributed by atoms with Gasteiger partial charge in [0, 0.05) is 36.9 Å². The lowest BCUT2D eigenvalue weighted by Crippen LogP contribution is -2.31. The summed E-state index contributed by atoms with van der Waals surface area (Å²) in [6, 6.07) is 3.76. The molecule has 2 amide bonds. The molecule has 3 rings (SSSR count). The van der Waals surface area contributed by atoms with Crippen LogP contribution in [0.25, 0.3) is 0 Å². The van der Waals surface area contributed by atoms with E-state index in [1.807, 2.05) is 18.5 Å². The molecule has 1 aliphatic heterocycles. The van der Waals surface area contributed by atoms with Gasteiger partial charge < -0.3 is 10.2 Å². The predicted molar refractivity (Wildman–Crippen MR) is 107 cm³/mol. The summed E-state index contributed by atoms with van der Waals surface area (Å²) >= 11 is 1.51. The smallest absolute Gasteiger partial charge is 0.321 e. The van der Waals surface area contributed by atoms with Crippen LogP contribution in [0.5, 0.6) is 0 Å². The van der Waals surface area contributed by atoms with Crippen LogP contribution in [0, 0.1) is 0 Å². The van der Waals surface area contributed by atoms with Gasteiger partial charge in [-0.25, -0.2) is 14.8 Å². The summed E-state index contributed by atoms with van der Waals surface area (Å²) in [7, 11) is 0. The van der Waals surface area contributed by atoms with Crippen molar-refractivity contribution in [1.82, 2.24) is 15.3 Å². The van der Waals surface area contributed by atoms with Gasteiger partial charge in [-0.2, -0.15) is 0 Å². The molecule has 140 valence electrons. The first kappa shape index (κ1) is 18.6. The van der Waals surface area contributed by atoms with Crippen LogP contribution in [0.15, 0.2) is 24.5 Å². The molecule has 0 unspecified atom stereocenters. The van der Waals surface area contributed by atoms with E-state index in [2.05, 4.69) is 52.3 Å². The molecule has 2 aromatic rings. The van der Waals surface area contributed by atoms with Crippen LogP contribution in [0.4, 0.5) is 15.7 Å². The average Bonchev–Trinajstić information content (AvgIpc) is 3.10. The van der Waals surface area contributed by atoms with Gasteiger partial charge in [0.05, 0.1) is 0 Å². The molecule has 0 radical (unpaired) electrons. The zero-order valence-corrected chi connectivity index (χ0v) is 16.5. The number of aromatic nitrogens is 2. The van der Waals surface area contributed by atoms with Crippen LogP contribution in [0.3, 0.4) is 0 Å². The van der Waals surface area contributed by atoms with Gasteiger partial charge in [0.1, 0.15) is 5.82 Å². The summed E-state index contributed by atoms with van der Waals surface area (Å²) in [5.74, 6) is 0.999.